The first-order chi connectivity index (χ1) is 19.3. The van der Waals surface area contributed by atoms with Gasteiger partial charge in [0.1, 0.15) is 5.75 Å². The Morgan fingerprint density at radius 2 is 1.60 bits per heavy atom. The zero-order chi connectivity index (χ0) is 29.0. The van der Waals surface area contributed by atoms with Crippen molar-refractivity contribution in [3.63, 3.8) is 0 Å². The summed E-state index contributed by atoms with van der Waals surface area (Å²) < 4.78 is 13.8. The largest absolute Gasteiger partial charge is 0.476 e. The van der Waals surface area contributed by atoms with Gasteiger partial charge in [-0.2, -0.15) is 5.10 Å². The van der Waals surface area contributed by atoms with E-state index in [-0.39, 0.29) is 11.2 Å². The van der Waals surface area contributed by atoms with Crippen LogP contribution in [0.25, 0.3) is 11.3 Å². The van der Waals surface area contributed by atoms with E-state index in [1.165, 1.54) is 9.25 Å². The maximum atomic E-state index is 13.2. The molecule has 0 aliphatic heterocycles. The van der Waals surface area contributed by atoms with Crippen LogP contribution in [0.2, 0.25) is 0 Å². The van der Waals surface area contributed by atoms with Crippen molar-refractivity contribution in [3.05, 3.63) is 81.0 Å². The van der Waals surface area contributed by atoms with Crippen LogP contribution < -0.4 is 16.0 Å². The molecular formula is C32H43N3O5. The summed E-state index contributed by atoms with van der Waals surface area (Å²) in [6.45, 7) is 8.43. The van der Waals surface area contributed by atoms with Crippen LogP contribution in [0.4, 0.5) is 0 Å². The maximum absolute atomic E-state index is 13.2. The lowest BCUT2D eigenvalue weighted by Gasteiger charge is -2.24. The molecule has 216 valence electrons. The van der Waals surface area contributed by atoms with Gasteiger partial charge < -0.3 is 9.47 Å². The summed E-state index contributed by atoms with van der Waals surface area (Å²) in [5.41, 5.74) is 0.324. The smallest absolute Gasteiger partial charge is 0.349 e. The molecule has 0 atom stereocenters. The Balaban J connectivity index is 1.69. The second-order valence-corrected chi connectivity index (χ2v) is 10.5. The van der Waals surface area contributed by atoms with E-state index in [1.54, 1.807) is 20.8 Å². The Labute approximate surface area is 237 Å². The van der Waals surface area contributed by atoms with Gasteiger partial charge in [-0.3, -0.25) is 9.36 Å². The molecule has 1 aromatic heterocycles. The lowest BCUT2D eigenvalue weighted by molar-refractivity contribution is -0.158. The first-order valence-electron chi connectivity index (χ1n) is 14.5. The van der Waals surface area contributed by atoms with Gasteiger partial charge >= 0.3 is 11.7 Å². The minimum Gasteiger partial charge on any atom is -0.476 e. The van der Waals surface area contributed by atoms with Gasteiger partial charge in [0.05, 0.1) is 6.61 Å². The molecule has 0 spiro atoms. The van der Waals surface area contributed by atoms with Gasteiger partial charge in [-0.15, -0.1) is 0 Å². The van der Waals surface area contributed by atoms with Crippen LogP contribution in [0, 0.1) is 0 Å². The van der Waals surface area contributed by atoms with E-state index >= 15 is 0 Å². The number of carbonyl (C=O) groups is 1. The van der Waals surface area contributed by atoms with Gasteiger partial charge in [0.25, 0.3) is 5.56 Å². The van der Waals surface area contributed by atoms with Gasteiger partial charge in [-0.1, -0.05) is 75.1 Å². The Bertz CT molecular complexity index is 1340. The second kappa shape index (κ2) is 15.2. The first-order valence-corrected chi connectivity index (χ1v) is 14.5. The normalized spacial score (nSPS) is 11.4. The number of hydrogen-bond donors (Lipinski definition) is 0. The SMILES string of the molecule is CCCCCCCn1c(=O)c(-c2ccccc2)nn(CCCCc2cccc(OC(C)(C)C(=O)OCC)c2)c1=O. The molecule has 8 nitrogen and oxygen atoms in total. The van der Waals surface area contributed by atoms with E-state index in [9.17, 15) is 14.4 Å². The van der Waals surface area contributed by atoms with Crippen LogP contribution in [0.15, 0.2) is 64.2 Å². The third-order valence-corrected chi connectivity index (χ3v) is 6.78. The summed E-state index contributed by atoms with van der Waals surface area (Å²) in [6.07, 6.45) is 7.48. The van der Waals surface area contributed by atoms with E-state index in [1.807, 2.05) is 54.6 Å². The molecule has 0 aliphatic rings. The van der Waals surface area contributed by atoms with E-state index in [0.717, 1.165) is 56.9 Å². The molecule has 0 bridgehead atoms. The number of rotatable bonds is 16. The zero-order valence-corrected chi connectivity index (χ0v) is 24.4. The summed E-state index contributed by atoms with van der Waals surface area (Å²) in [6, 6.07) is 17.0. The van der Waals surface area contributed by atoms with Gasteiger partial charge in [-0.25, -0.2) is 14.3 Å². The van der Waals surface area contributed by atoms with Gasteiger partial charge in [-0.05, 0) is 64.2 Å². The summed E-state index contributed by atoms with van der Waals surface area (Å²) in [5, 5.41) is 4.50. The topological polar surface area (TPSA) is 92.4 Å². The number of benzene rings is 2. The molecule has 0 fully saturated rings. The lowest BCUT2D eigenvalue weighted by atomic mass is 10.1. The van der Waals surface area contributed by atoms with Crippen molar-refractivity contribution in [2.75, 3.05) is 6.61 Å². The lowest BCUT2D eigenvalue weighted by Crippen LogP contribution is -2.42. The molecule has 0 amide bonds. The number of carbonyl (C=O) groups excluding carboxylic acids is 1. The number of esters is 1. The van der Waals surface area contributed by atoms with Crippen molar-refractivity contribution >= 4 is 5.97 Å². The van der Waals surface area contributed by atoms with Crippen LogP contribution in [0.5, 0.6) is 5.75 Å². The fraction of sp³-hybridized carbons (Fsp3) is 0.500. The van der Waals surface area contributed by atoms with E-state index in [2.05, 4.69) is 12.0 Å². The highest BCUT2D eigenvalue weighted by molar-refractivity contribution is 5.79. The molecular weight excluding hydrogens is 506 g/mol. The third kappa shape index (κ3) is 8.66. The van der Waals surface area contributed by atoms with E-state index in [0.29, 0.717) is 36.7 Å². The van der Waals surface area contributed by atoms with Crippen molar-refractivity contribution in [2.24, 2.45) is 0 Å². The fourth-order valence-corrected chi connectivity index (χ4v) is 4.55. The van der Waals surface area contributed by atoms with Crippen LogP contribution >= 0.6 is 0 Å². The van der Waals surface area contributed by atoms with Gasteiger partial charge in [0.15, 0.2) is 11.3 Å². The Kier molecular flexibility index (Phi) is 11.7. The van der Waals surface area contributed by atoms with Crippen LogP contribution in [0.1, 0.15) is 78.2 Å². The van der Waals surface area contributed by atoms with Crippen molar-refractivity contribution in [1.82, 2.24) is 14.3 Å². The van der Waals surface area contributed by atoms with Crippen molar-refractivity contribution < 1.29 is 14.3 Å². The van der Waals surface area contributed by atoms with E-state index in [4.69, 9.17) is 9.47 Å². The molecule has 3 aromatic rings. The predicted molar refractivity (Wildman–Crippen MR) is 158 cm³/mol. The number of aryl methyl sites for hydroxylation is 2. The van der Waals surface area contributed by atoms with Crippen LogP contribution in [-0.4, -0.2) is 32.5 Å². The minimum atomic E-state index is -1.09. The number of ether oxygens (including phenoxy) is 2. The maximum Gasteiger partial charge on any atom is 0.349 e. The average molecular weight is 550 g/mol. The summed E-state index contributed by atoms with van der Waals surface area (Å²) in [7, 11) is 0. The highest BCUT2D eigenvalue weighted by atomic mass is 16.6. The molecule has 0 N–H and O–H groups in total. The molecule has 0 radical (unpaired) electrons. The third-order valence-electron chi connectivity index (χ3n) is 6.78. The fourth-order valence-electron chi connectivity index (χ4n) is 4.55. The Hall–Kier alpha value is -3.68. The van der Waals surface area contributed by atoms with Crippen molar-refractivity contribution in [2.45, 2.75) is 97.8 Å². The standard InChI is InChI=1S/C32H43N3O5/c1-5-7-8-9-14-22-34-29(36)28(26-19-11-10-12-20-26)33-35(31(34)38)23-15-13-17-25-18-16-21-27(24-25)40-32(3,4)30(37)39-6-2/h10-12,16,18-21,24H,5-9,13-15,17,22-23H2,1-4H3. The molecule has 1 heterocycles. The Morgan fingerprint density at radius 1 is 0.875 bits per heavy atom. The molecule has 8 heteroatoms. The van der Waals surface area contributed by atoms with Crippen LogP contribution in [-0.2, 0) is 29.0 Å². The minimum absolute atomic E-state index is 0.299. The zero-order valence-electron chi connectivity index (χ0n) is 24.4. The van der Waals surface area contributed by atoms with Crippen molar-refractivity contribution in [3.8, 4) is 17.0 Å². The monoisotopic (exact) mass is 549 g/mol. The second-order valence-electron chi connectivity index (χ2n) is 10.5. The van der Waals surface area contributed by atoms with Gasteiger partial charge in [0, 0.05) is 18.7 Å². The molecule has 0 aliphatic carbocycles. The summed E-state index contributed by atoms with van der Waals surface area (Å²) >= 11 is 0. The predicted octanol–water partition coefficient (Wildman–Crippen LogP) is 5.79. The molecule has 0 saturated carbocycles. The Morgan fingerprint density at radius 3 is 2.33 bits per heavy atom. The highest BCUT2D eigenvalue weighted by Gasteiger charge is 2.31. The number of hydrogen-bond acceptors (Lipinski definition) is 6. The quantitative estimate of drug-likeness (QED) is 0.166. The average Bonchev–Trinajstić information content (AvgIpc) is 2.94. The van der Waals surface area contributed by atoms with Crippen LogP contribution in [0.3, 0.4) is 0 Å². The molecule has 2 aromatic carbocycles. The first kappa shape index (κ1) is 30.9. The van der Waals surface area contributed by atoms with Crippen molar-refractivity contribution in [1.29, 1.82) is 0 Å². The van der Waals surface area contributed by atoms with Gasteiger partial charge in [0.2, 0.25) is 0 Å². The summed E-state index contributed by atoms with van der Waals surface area (Å²) in [4.78, 5) is 38.7. The number of aromatic nitrogens is 3. The van der Waals surface area contributed by atoms with E-state index < -0.39 is 11.6 Å². The number of unbranched alkanes of at least 4 members (excludes halogenated alkanes) is 5. The molecule has 0 saturated heterocycles. The number of nitrogens with zero attached hydrogens (tertiary/aromatic N) is 3. The summed E-state index contributed by atoms with van der Waals surface area (Å²) in [5.74, 6) is 0.197. The molecule has 0 unspecified atom stereocenters. The molecule has 40 heavy (non-hydrogen) atoms. The molecule has 3 rings (SSSR count). The highest BCUT2D eigenvalue weighted by Crippen LogP contribution is 2.22.